The van der Waals surface area contributed by atoms with Crippen LogP contribution in [0.4, 0.5) is 15.8 Å². The molecule has 1 aliphatic heterocycles. The Bertz CT molecular complexity index is 1040. The molecule has 0 aromatic heterocycles. The minimum absolute atomic E-state index is 0.193. The van der Waals surface area contributed by atoms with Crippen molar-refractivity contribution in [1.82, 2.24) is 0 Å². The Balaban J connectivity index is 1.77. The normalized spacial score (nSPS) is 15.6. The van der Waals surface area contributed by atoms with Crippen LogP contribution in [-0.2, 0) is 0 Å². The van der Waals surface area contributed by atoms with Crippen molar-refractivity contribution in [2.24, 2.45) is 0 Å². The van der Waals surface area contributed by atoms with Crippen molar-refractivity contribution in [1.29, 1.82) is 0 Å². The third-order valence-electron chi connectivity index (χ3n) is 4.74. The molecule has 0 aliphatic carbocycles. The smallest absolute Gasteiger partial charge is 0.262 e. The molecule has 1 atom stereocenters. The van der Waals surface area contributed by atoms with Crippen molar-refractivity contribution in [2.75, 3.05) is 16.8 Å². The first kappa shape index (κ1) is 19.5. The fourth-order valence-electron chi connectivity index (χ4n) is 3.37. The van der Waals surface area contributed by atoms with E-state index in [1.165, 1.54) is 12.1 Å². The minimum Gasteiger partial charge on any atom is -0.494 e. The summed E-state index contributed by atoms with van der Waals surface area (Å²) in [5.41, 5.74) is 2.63. The van der Waals surface area contributed by atoms with Crippen molar-refractivity contribution in [2.45, 2.75) is 19.5 Å². The van der Waals surface area contributed by atoms with Gasteiger partial charge in [0.05, 0.1) is 12.2 Å². The van der Waals surface area contributed by atoms with Gasteiger partial charge in [0.25, 0.3) is 5.91 Å². The first-order valence-electron chi connectivity index (χ1n) is 9.45. The Labute approximate surface area is 177 Å². The zero-order valence-electron chi connectivity index (χ0n) is 15.9. The van der Waals surface area contributed by atoms with E-state index in [0.29, 0.717) is 17.9 Å². The molecule has 3 aromatic carbocycles. The number of anilines is 2. The highest BCUT2D eigenvalue weighted by Gasteiger charge is 2.34. The summed E-state index contributed by atoms with van der Waals surface area (Å²) in [5, 5.41) is 3.42. The molecule has 0 radical (unpaired) electrons. The first-order valence-corrected chi connectivity index (χ1v) is 10.2. The second-order valence-electron chi connectivity index (χ2n) is 6.81. The number of halogens is 2. The molecule has 1 N–H and O–H groups in total. The maximum atomic E-state index is 13.9. The van der Waals surface area contributed by atoms with Crippen molar-refractivity contribution in [3.8, 4) is 5.75 Å². The summed E-state index contributed by atoms with van der Waals surface area (Å²) in [5.74, 6) is 0.193. The molecule has 0 fully saturated rings. The second kappa shape index (κ2) is 8.25. The number of nitrogens with one attached hydrogen (secondary N) is 1. The number of nitrogens with zero attached hydrogens (tertiary/aromatic N) is 1. The first-order chi connectivity index (χ1) is 14.1. The van der Waals surface area contributed by atoms with Gasteiger partial charge in [-0.2, -0.15) is 0 Å². The zero-order chi connectivity index (χ0) is 20.4. The van der Waals surface area contributed by atoms with Gasteiger partial charge in [-0.1, -0.05) is 41.1 Å². The van der Waals surface area contributed by atoms with Gasteiger partial charge in [-0.15, -0.1) is 0 Å². The molecule has 0 bridgehead atoms. The number of carbonyl (C=O) groups excluding carboxylic acids is 1. The van der Waals surface area contributed by atoms with Crippen LogP contribution < -0.4 is 15.0 Å². The number of benzene rings is 3. The molecule has 4 rings (SSSR count). The third kappa shape index (κ3) is 3.98. The van der Waals surface area contributed by atoms with Crippen LogP contribution in [-0.4, -0.2) is 12.5 Å². The third-order valence-corrected chi connectivity index (χ3v) is 5.23. The van der Waals surface area contributed by atoms with E-state index >= 15 is 0 Å². The quantitative estimate of drug-likeness (QED) is 0.502. The van der Waals surface area contributed by atoms with E-state index < -0.39 is 12.0 Å². The number of ether oxygens (including phenoxy) is 1. The minimum atomic E-state index is -0.474. The number of amides is 1. The second-order valence-corrected chi connectivity index (χ2v) is 7.72. The predicted octanol–water partition coefficient (Wildman–Crippen LogP) is 6.15. The number of fused-ring (bicyclic) bond motifs is 1. The summed E-state index contributed by atoms with van der Waals surface area (Å²) in [6, 6.07) is 19.2. The largest absolute Gasteiger partial charge is 0.494 e. The summed E-state index contributed by atoms with van der Waals surface area (Å²) in [6.07, 6.45) is 0.457. The summed E-state index contributed by atoms with van der Waals surface area (Å²) in [4.78, 5) is 15.0. The standard InChI is InChI=1S/C23H20BrFN2O2/c1-2-12-29-19-9-6-15(7-10-19)22-26-21-11-8-16(24)13-20(21)23(28)27(22)18-5-3-4-17(25)14-18/h3-11,13-14,22,26H,2,12H2,1H3/t22-/m0/s1. The van der Waals surface area contributed by atoms with Gasteiger partial charge in [0.2, 0.25) is 0 Å². The maximum absolute atomic E-state index is 13.9. The van der Waals surface area contributed by atoms with E-state index in [1.54, 1.807) is 23.1 Å². The van der Waals surface area contributed by atoms with E-state index in [-0.39, 0.29) is 5.91 Å². The fourth-order valence-corrected chi connectivity index (χ4v) is 3.73. The molecule has 0 spiro atoms. The number of hydrogen-bond donors (Lipinski definition) is 1. The summed E-state index contributed by atoms with van der Waals surface area (Å²) in [6.45, 7) is 2.70. The van der Waals surface area contributed by atoms with Crippen molar-refractivity contribution < 1.29 is 13.9 Å². The lowest BCUT2D eigenvalue weighted by molar-refractivity contribution is 0.0975. The van der Waals surface area contributed by atoms with E-state index in [0.717, 1.165) is 27.9 Å². The highest BCUT2D eigenvalue weighted by Crippen LogP contribution is 2.38. The Hall–Kier alpha value is -2.86. The lowest BCUT2D eigenvalue weighted by Gasteiger charge is -2.38. The average Bonchev–Trinajstić information content (AvgIpc) is 2.73. The molecule has 1 aliphatic rings. The van der Waals surface area contributed by atoms with E-state index in [1.807, 2.05) is 36.4 Å². The summed E-state index contributed by atoms with van der Waals surface area (Å²) < 4.78 is 20.4. The molecule has 148 valence electrons. The zero-order valence-corrected chi connectivity index (χ0v) is 17.4. The van der Waals surface area contributed by atoms with Crippen LogP contribution in [0, 0.1) is 5.82 Å². The van der Waals surface area contributed by atoms with Gasteiger partial charge in [0.1, 0.15) is 17.7 Å². The van der Waals surface area contributed by atoms with Crippen LogP contribution in [0.3, 0.4) is 0 Å². The lowest BCUT2D eigenvalue weighted by Crippen LogP contribution is -2.43. The molecular weight excluding hydrogens is 435 g/mol. The summed E-state index contributed by atoms with van der Waals surface area (Å²) >= 11 is 3.42. The van der Waals surface area contributed by atoms with Gasteiger partial charge in [-0.25, -0.2) is 4.39 Å². The summed E-state index contributed by atoms with van der Waals surface area (Å²) in [7, 11) is 0. The highest BCUT2D eigenvalue weighted by atomic mass is 79.9. The van der Waals surface area contributed by atoms with E-state index in [2.05, 4.69) is 28.2 Å². The van der Waals surface area contributed by atoms with Crippen molar-refractivity contribution >= 4 is 33.2 Å². The maximum Gasteiger partial charge on any atom is 0.262 e. The molecule has 1 amide bonds. The van der Waals surface area contributed by atoms with Crippen LogP contribution in [0.25, 0.3) is 0 Å². The molecule has 0 unspecified atom stereocenters. The Morgan fingerprint density at radius 1 is 1.10 bits per heavy atom. The molecule has 29 heavy (non-hydrogen) atoms. The van der Waals surface area contributed by atoms with Crippen LogP contribution in [0.1, 0.15) is 35.4 Å². The lowest BCUT2D eigenvalue weighted by atomic mass is 10.0. The Morgan fingerprint density at radius 3 is 2.62 bits per heavy atom. The molecule has 3 aromatic rings. The predicted molar refractivity (Wildman–Crippen MR) is 116 cm³/mol. The Morgan fingerprint density at radius 2 is 1.90 bits per heavy atom. The van der Waals surface area contributed by atoms with Crippen LogP contribution in [0.2, 0.25) is 0 Å². The van der Waals surface area contributed by atoms with Crippen molar-refractivity contribution in [3.05, 3.63) is 88.1 Å². The average molecular weight is 455 g/mol. The van der Waals surface area contributed by atoms with Gasteiger partial charge in [-0.05, 0) is 60.5 Å². The van der Waals surface area contributed by atoms with Gasteiger partial charge in [0.15, 0.2) is 0 Å². The van der Waals surface area contributed by atoms with Crippen LogP contribution in [0.15, 0.2) is 71.2 Å². The van der Waals surface area contributed by atoms with Gasteiger partial charge in [-0.3, -0.25) is 9.69 Å². The van der Waals surface area contributed by atoms with Gasteiger partial charge < -0.3 is 10.1 Å². The number of hydrogen-bond acceptors (Lipinski definition) is 3. The van der Waals surface area contributed by atoms with E-state index in [4.69, 9.17) is 4.74 Å². The van der Waals surface area contributed by atoms with Gasteiger partial charge >= 0.3 is 0 Å². The molecule has 4 nitrogen and oxygen atoms in total. The van der Waals surface area contributed by atoms with E-state index in [9.17, 15) is 9.18 Å². The Kier molecular flexibility index (Phi) is 5.53. The molecule has 0 saturated carbocycles. The fraction of sp³-hybridized carbons (Fsp3) is 0.174. The van der Waals surface area contributed by atoms with Crippen LogP contribution in [0.5, 0.6) is 5.75 Å². The highest BCUT2D eigenvalue weighted by molar-refractivity contribution is 9.10. The number of rotatable bonds is 5. The molecular formula is C23H20BrFN2O2. The monoisotopic (exact) mass is 454 g/mol. The molecule has 1 heterocycles. The van der Waals surface area contributed by atoms with Crippen LogP contribution >= 0.6 is 15.9 Å². The molecule has 0 saturated heterocycles. The number of carbonyl (C=O) groups is 1. The van der Waals surface area contributed by atoms with Gasteiger partial charge in [0, 0.05) is 15.8 Å². The van der Waals surface area contributed by atoms with Crippen molar-refractivity contribution in [3.63, 3.8) is 0 Å². The SMILES string of the molecule is CCCOc1ccc([C@H]2Nc3ccc(Br)cc3C(=O)N2c2cccc(F)c2)cc1. The topological polar surface area (TPSA) is 41.6 Å². The molecule has 6 heteroatoms.